The van der Waals surface area contributed by atoms with Crippen molar-refractivity contribution in [1.29, 1.82) is 0 Å². The van der Waals surface area contributed by atoms with Crippen molar-refractivity contribution in [3.8, 4) is 10.8 Å². The maximum absolute atomic E-state index is 11.4. The van der Waals surface area contributed by atoms with Crippen LogP contribution in [-0.4, -0.2) is 28.8 Å². The number of nitrogens with zero attached hydrogens (tertiary/aromatic N) is 1. The van der Waals surface area contributed by atoms with Crippen molar-refractivity contribution in [3.63, 3.8) is 0 Å². The Morgan fingerprint density at radius 1 is 1.63 bits per heavy atom. The molecule has 0 aliphatic carbocycles. The monoisotopic (exact) mass is 281 g/mol. The molecule has 0 radical (unpaired) electrons. The first-order valence-electron chi connectivity index (χ1n) is 5.82. The summed E-state index contributed by atoms with van der Waals surface area (Å²) in [6, 6.07) is 3.05. The molecule has 3 N–H and O–H groups in total. The van der Waals surface area contributed by atoms with Crippen molar-refractivity contribution < 1.29 is 14.3 Å². The molecule has 102 valence electrons. The first-order valence-corrected chi connectivity index (χ1v) is 6.70. The second-order valence-electron chi connectivity index (χ2n) is 4.03. The van der Waals surface area contributed by atoms with Crippen LogP contribution in [0.25, 0.3) is 10.8 Å². The van der Waals surface area contributed by atoms with Gasteiger partial charge in [-0.25, -0.2) is 9.78 Å². The van der Waals surface area contributed by atoms with E-state index in [0.717, 1.165) is 16.5 Å². The largest absolute Gasteiger partial charge is 0.462 e. The summed E-state index contributed by atoms with van der Waals surface area (Å²) in [5.74, 6) is 0.717. The average molecular weight is 281 g/mol. The molecule has 0 saturated heterocycles. The number of furan rings is 1. The fourth-order valence-corrected chi connectivity index (χ4v) is 2.18. The number of urea groups is 1. The van der Waals surface area contributed by atoms with E-state index in [0.29, 0.717) is 6.54 Å². The lowest BCUT2D eigenvalue weighted by atomic mass is 10.4. The van der Waals surface area contributed by atoms with Gasteiger partial charge < -0.3 is 20.2 Å². The molecule has 0 aromatic carbocycles. The highest BCUT2D eigenvalue weighted by Gasteiger charge is 2.09. The van der Waals surface area contributed by atoms with Crippen molar-refractivity contribution in [3.05, 3.63) is 29.5 Å². The summed E-state index contributed by atoms with van der Waals surface area (Å²) < 4.78 is 5.25. The molecule has 7 heteroatoms. The van der Waals surface area contributed by atoms with Crippen LogP contribution in [0.5, 0.6) is 0 Å². The second-order valence-corrected chi connectivity index (χ2v) is 4.89. The van der Waals surface area contributed by atoms with E-state index < -0.39 is 0 Å². The number of hydrogen-bond donors (Lipinski definition) is 3. The number of aromatic nitrogens is 1. The lowest BCUT2D eigenvalue weighted by Crippen LogP contribution is -2.41. The fourth-order valence-electron chi connectivity index (χ4n) is 1.39. The maximum atomic E-state index is 11.4. The van der Waals surface area contributed by atoms with E-state index in [1.807, 2.05) is 11.4 Å². The smallest absolute Gasteiger partial charge is 0.315 e. The average Bonchev–Trinajstić information content (AvgIpc) is 3.06. The van der Waals surface area contributed by atoms with Crippen molar-refractivity contribution in [2.45, 2.75) is 19.5 Å². The predicted octanol–water partition coefficient (Wildman–Crippen LogP) is 1.58. The van der Waals surface area contributed by atoms with Gasteiger partial charge in [0.2, 0.25) is 0 Å². The number of aliphatic hydroxyl groups is 1. The highest BCUT2D eigenvalue weighted by molar-refractivity contribution is 7.13. The summed E-state index contributed by atoms with van der Waals surface area (Å²) in [7, 11) is 0. The first kappa shape index (κ1) is 13.6. The fraction of sp³-hybridized carbons (Fsp3) is 0.333. The van der Waals surface area contributed by atoms with E-state index in [9.17, 15) is 4.79 Å². The Balaban J connectivity index is 1.85. The van der Waals surface area contributed by atoms with Crippen LogP contribution in [0, 0.1) is 0 Å². The van der Waals surface area contributed by atoms with Crippen LogP contribution in [0.2, 0.25) is 0 Å². The Kier molecular flexibility index (Phi) is 4.53. The van der Waals surface area contributed by atoms with Crippen molar-refractivity contribution in [2.75, 3.05) is 6.61 Å². The molecule has 0 saturated carbocycles. The highest BCUT2D eigenvalue weighted by Crippen LogP contribution is 2.23. The molecule has 0 unspecified atom stereocenters. The Labute approximate surface area is 114 Å². The predicted molar refractivity (Wildman–Crippen MR) is 71.7 cm³/mol. The van der Waals surface area contributed by atoms with Gasteiger partial charge in [0, 0.05) is 5.38 Å². The number of aliphatic hydroxyl groups excluding tert-OH is 1. The minimum Gasteiger partial charge on any atom is -0.462 e. The number of carbonyl (C=O) groups excluding carboxylic acids is 1. The molecule has 0 spiro atoms. The third kappa shape index (κ3) is 3.80. The molecule has 0 aliphatic rings. The zero-order valence-corrected chi connectivity index (χ0v) is 11.2. The lowest BCUT2D eigenvalue weighted by molar-refractivity contribution is 0.220. The lowest BCUT2D eigenvalue weighted by Gasteiger charge is -2.10. The summed E-state index contributed by atoms with van der Waals surface area (Å²) >= 11 is 1.46. The van der Waals surface area contributed by atoms with E-state index in [1.54, 1.807) is 19.3 Å². The first-order chi connectivity index (χ1) is 9.19. The SMILES string of the molecule is C[C@@H](CO)NC(=O)NCc1csc(-c2ccco2)n1. The molecule has 2 amide bonds. The van der Waals surface area contributed by atoms with E-state index >= 15 is 0 Å². The highest BCUT2D eigenvalue weighted by atomic mass is 32.1. The number of amides is 2. The molecule has 2 aromatic rings. The molecular formula is C12H15N3O3S. The number of hydrogen-bond acceptors (Lipinski definition) is 5. The zero-order chi connectivity index (χ0) is 13.7. The van der Waals surface area contributed by atoms with E-state index in [2.05, 4.69) is 15.6 Å². The summed E-state index contributed by atoms with van der Waals surface area (Å²) in [6.07, 6.45) is 1.60. The Morgan fingerprint density at radius 3 is 3.16 bits per heavy atom. The quantitative estimate of drug-likeness (QED) is 0.776. The van der Waals surface area contributed by atoms with Crippen LogP contribution in [0.4, 0.5) is 4.79 Å². The third-order valence-corrected chi connectivity index (χ3v) is 3.27. The maximum Gasteiger partial charge on any atom is 0.315 e. The van der Waals surface area contributed by atoms with Crippen LogP contribution in [-0.2, 0) is 6.54 Å². The molecule has 2 rings (SSSR count). The van der Waals surface area contributed by atoms with Crippen LogP contribution >= 0.6 is 11.3 Å². The molecule has 6 nitrogen and oxygen atoms in total. The molecular weight excluding hydrogens is 266 g/mol. The van der Waals surface area contributed by atoms with Gasteiger partial charge in [0.05, 0.1) is 31.2 Å². The summed E-state index contributed by atoms with van der Waals surface area (Å²) in [5.41, 5.74) is 0.767. The van der Waals surface area contributed by atoms with Crippen LogP contribution in [0.15, 0.2) is 28.2 Å². The molecule has 2 aromatic heterocycles. The van der Waals surface area contributed by atoms with Gasteiger partial charge in [0.25, 0.3) is 0 Å². The van der Waals surface area contributed by atoms with Crippen molar-refractivity contribution in [2.24, 2.45) is 0 Å². The molecule has 0 fully saturated rings. The summed E-state index contributed by atoms with van der Waals surface area (Å²) in [4.78, 5) is 15.8. The van der Waals surface area contributed by atoms with Gasteiger partial charge >= 0.3 is 6.03 Å². The number of nitrogens with one attached hydrogen (secondary N) is 2. The standard InChI is InChI=1S/C12H15N3O3S/c1-8(6-16)14-12(17)13-5-9-7-19-11(15-9)10-3-2-4-18-10/h2-4,7-8,16H,5-6H2,1H3,(H2,13,14,17)/t8-/m0/s1. The van der Waals surface area contributed by atoms with Gasteiger partial charge in [-0.2, -0.15) is 0 Å². The number of rotatable bonds is 5. The summed E-state index contributed by atoms with van der Waals surface area (Å²) in [5, 5.41) is 16.7. The van der Waals surface area contributed by atoms with Gasteiger partial charge in [-0.05, 0) is 19.1 Å². The summed E-state index contributed by atoms with van der Waals surface area (Å²) in [6.45, 7) is 1.96. The zero-order valence-electron chi connectivity index (χ0n) is 10.4. The van der Waals surface area contributed by atoms with Crippen LogP contribution in [0.1, 0.15) is 12.6 Å². The van der Waals surface area contributed by atoms with E-state index in [-0.39, 0.29) is 18.7 Å². The molecule has 19 heavy (non-hydrogen) atoms. The minimum atomic E-state index is -0.325. The Morgan fingerprint density at radius 2 is 2.47 bits per heavy atom. The minimum absolute atomic E-state index is 0.0905. The Bertz CT molecular complexity index is 524. The molecule has 1 atom stereocenters. The van der Waals surface area contributed by atoms with Gasteiger partial charge in [0.1, 0.15) is 0 Å². The van der Waals surface area contributed by atoms with E-state index in [1.165, 1.54) is 11.3 Å². The molecule has 0 bridgehead atoms. The third-order valence-electron chi connectivity index (χ3n) is 2.37. The van der Waals surface area contributed by atoms with Crippen molar-refractivity contribution in [1.82, 2.24) is 15.6 Å². The number of thiazole rings is 1. The van der Waals surface area contributed by atoms with Gasteiger partial charge in [-0.1, -0.05) is 0 Å². The topological polar surface area (TPSA) is 87.4 Å². The van der Waals surface area contributed by atoms with Crippen LogP contribution < -0.4 is 10.6 Å². The Hall–Kier alpha value is -1.86. The van der Waals surface area contributed by atoms with Gasteiger partial charge in [-0.3, -0.25) is 0 Å². The van der Waals surface area contributed by atoms with E-state index in [4.69, 9.17) is 9.52 Å². The molecule has 2 heterocycles. The number of carbonyl (C=O) groups is 1. The van der Waals surface area contributed by atoms with Crippen LogP contribution in [0.3, 0.4) is 0 Å². The normalized spacial score (nSPS) is 12.1. The second kappa shape index (κ2) is 6.35. The van der Waals surface area contributed by atoms with Gasteiger partial charge in [0.15, 0.2) is 10.8 Å². The van der Waals surface area contributed by atoms with Crippen molar-refractivity contribution >= 4 is 17.4 Å². The molecule has 0 aliphatic heterocycles. The van der Waals surface area contributed by atoms with Gasteiger partial charge in [-0.15, -0.1) is 11.3 Å².